The molecule has 6 rings (SSSR count). The van der Waals surface area contributed by atoms with E-state index in [1.807, 2.05) is 72.8 Å². The van der Waals surface area contributed by atoms with Crippen LogP contribution in [0.2, 0.25) is 0 Å². The standard InChI is InChI=1S/C38H39N3O6S2/c42-23-25-12-14-28(15-13-25)33-21-31(24-48-38-40-32-8-1-2-9-34(32)49-38)46-37(47-33)29-18-16-27(17-19-29)30-7-5-6-26(20-30)22-39-35(43)10-3-4-11-36(44)41-45/h1-2,5-9,12-20,31,33,37,42,45H,3-4,10-11,21-24H2,(H,39,43)(H,41,44)/t31-,33+,37+/m1/s1. The van der Waals surface area contributed by atoms with E-state index in [-0.39, 0.29) is 31.1 Å². The van der Waals surface area contributed by atoms with Gasteiger partial charge in [0.15, 0.2) is 10.6 Å². The number of thioether (sulfide) groups is 1. The third kappa shape index (κ3) is 9.54. The Kier molecular flexibility index (Phi) is 12.1. The normalized spacial score (nSPS) is 17.6. The van der Waals surface area contributed by atoms with E-state index in [1.54, 1.807) is 28.6 Å². The molecule has 1 aliphatic heterocycles. The molecule has 0 bridgehead atoms. The number of aliphatic hydroxyl groups excluding tert-OH is 1. The number of hydroxylamine groups is 1. The van der Waals surface area contributed by atoms with Crippen LogP contribution in [0.1, 0.15) is 66.8 Å². The number of benzene rings is 4. The maximum absolute atomic E-state index is 12.3. The van der Waals surface area contributed by atoms with Crippen molar-refractivity contribution in [1.29, 1.82) is 0 Å². The Bertz CT molecular complexity index is 1810. The maximum Gasteiger partial charge on any atom is 0.243 e. The molecular formula is C38H39N3O6S2. The van der Waals surface area contributed by atoms with Crippen molar-refractivity contribution in [1.82, 2.24) is 15.8 Å². The molecule has 0 radical (unpaired) electrons. The van der Waals surface area contributed by atoms with Crippen LogP contribution in [0.4, 0.5) is 0 Å². The molecule has 1 fully saturated rings. The number of hydrogen-bond donors (Lipinski definition) is 4. The highest BCUT2D eigenvalue weighted by Crippen LogP contribution is 2.40. The average Bonchev–Trinajstić information content (AvgIpc) is 3.58. The minimum Gasteiger partial charge on any atom is -0.392 e. The summed E-state index contributed by atoms with van der Waals surface area (Å²) in [6.07, 6.45) is 1.53. The number of ether oxygens (including phenoxy) is 2. The fourth-order valence-corrected chi connectivity index (χ4v) is 7.82. The van der Waals surface area contributed by atoms with Crippen molar-refractivity contribution in [2.24, 2.45) is 0 Å². The van der Waals surface area contributed by atoms with Gasteiger partial charge in [-0.2, -0.15) is 0 Å². The molecule has 4 N–H and O–H groups in total. The van der Waals surface area contributed by atoms with Gasteiger partial charge in [0.25, 0.3) is 0 Å². The van der Waals surface area contributed by atoms with E-state index in [1.165, 1.54) is 4.70 Å². The summed E-state index contributed by atoms with van der Waals surface area (Å²) in [5, 5.41) is 21.1. The van der Waals surface area contributed by atoms with Crippen LogP contribution in [0.3, 0.4) is 0 Å². The number of thiazole rings is 1. The number of nitrogens with one attached hydrogen (secondary N) is 2. The number of fused-ring (bicyclic) bond motifs is 1. The van der Waals surface area contributed by atoms with Gasteiger partial charge in [0.2, 0.25) is 11.8 Å². The molecule has 0 aliphatic carbocycles. The summed E-state index contributed by atoms with van der Waals surface area (Å²) in [5.41, 5.74) is 8.50. The number of aromatic nitrogens is 1. The molecule has 49 heavy (non-hydrogen) atoms. The van der Waals surface area contributed by atoms with E-state index in [9.17, 15) is 14.7 Å². The zero-order chi connectivity index (χ0) is 34.0. The first-order valence-electron chi connectivity index (χ1n) is 16.4. The summed E-state index contributed by atoms with van der Waals surface area (Å²) < 4.78 is 15.3. The quantitative estimate of drug-likeness (QED) is 0.0407. The van der Waals surface area contributed by atoms with Crippen molar-refractivity contribution in [3.63, 3.8) is 0 Å². The molecule has 3 atom stereocenters. The van der Waals surface area contributed by atoms with E-state index in [4.69, 9.17) is 19.7 Å². The van der Waals surface area contributed by atoms with Gasteiger partial charge >= 0.3 is 0 Å². The summed E-state index contributed by atoms with van der Waals surface area (Å²) in [4.78, 5) is 28.2. The van der Waals surface area contributed by atoms with Gasteiger partial charge in [-0.1, -0.05) is 90.6 Å². The van der Waals surface area contributed by atoms with Crippen molar-refractivity contribution in [3.05, 3.63) is 119 Å². The van der Waals surface area contributed by atoms with Gasteiger partial charge in [-0.25, -0.2) is 10.5 Å². The first kappa shape index (κ1) is 34.8. The minimum atomic E-state index is -0.550. The lowest BCUT2D eigenvalue weighted by Gasteiger charge is -2.36. The summed E-state index contributed by atoms with van der Waals surface area (Å²) in [7, 11) is 0. The molecular weight excluding hydrogens is 659 g/mol. The molecule has 1 aliphatic rings. The van der Waals surface area contributed by atoms with Crippen molar-refractivity contribution in [3.8, 4) is 11.1 Å². The molecule has 2 heterocycles. The van der Waals surface area contributed by atoms with E-state index in [2.05, 4.69) is 29.6 Å². The summed E-state index contributed by atoms with van der Waals surface area (Å²) in [6.45, 7) is 0.403. The van der Waals surface area contributed by atoms with Crippen LogP contribution in [-0.4, -0.2) is 39.0 Å². The number of amides is 2. The number of carbonyl (C=O) groups is 2. The lowest BCUT2D eigenvalue weighted by atomic mass is 9.99. The SMILES string of the molecule is O=C(CCCCC(=O)NCc1cccc(-c2ccc([C@H]3O[C@@H](CSc4nc5ccccc5s4)C[C@@H](c4ccc(CO)cc4)O3)cc2)c1)NO. The number of para-hydroxylation sites is 1. The number of aliphatic hydroxyl groups is 1. The first-order valence-corrected chi connectivity index (χ1v) is 18.2. The Balaban J connectivity index is 1.10. The molecule has 254 valence electrons. The van der Waals surface area contributed by atoms with E-state index in [0.717, 1.165) is 49.0 Å². The van der Waals surface area contributed by atoms with Crippen LogP contribution >= 0.6 is 23.1 Å². The fraction of sp³-hybridized carbons (Fsp3) is 0.289. The highest BCUT2D eigenvalue weighted by atomic mass is 32.2. The largest absolute Gasteiger partial charge is 0.392 e. The Hall–Kier alpha value is -4.10. The molecule has 1 aromatic heterocycles. The molecule has 0 spiro atoms. The molecule has 9 nitrogen and oxygen atoms in total. The van der Waals surface area contributed by atoms with Crippen LogP contribution in [0.5, 0.6) is 0 Å². The lowest BCUT2D eigenvalue weighted by Crippen LogP contribution is -2.31. The monoisotopic (exact) mass is 697 g/mol. The number of unbranched alkanes of at least 4 members (excludes halogenated alkanes) is 1. The van der Waals surface area contributed by atoms with Crippen LogP contribution in [0, 0.1) is 0 Å². The van der Waals surface area contributed by atoms with Gasteiger partial charge in [-0.3, -0.25) is 14.8 Å². The predicted octanol–water partition coefficient (Wildman–Crippen LogP) is 7.48. The van der Waals surface area contributed by atoms with Gasteiger partial charge in [-0.05, 0) is 58.9 Å². The number of hydrogen-bond acceptors (Lipinski definition) is 9. The maximum atomic E-state index is 12.3. The second kappa shape index (κ2) is 17.0. The highest BCUT2D eigenvalue weighted by Gasteiger charge is 2.32. The second-order valence-corrected chi connectivity index (χ2v) is 14.2. The summed E-state index contributed by atoms with van der Waals surface area (Å²) in [6, 6.07) is 32.4. The van der Waals surface area contributed by atoms with Gasteiger partial charge in [-0.15, -0.1) is 11.3 Å². The minimum absolute atomic E-state index is 0.00207. The molecule has 11 heteroatoms. The Morgan fingerprint density at radius 3 is 2.35 bits per heavy atom. The van der Waals surface area contributed by atoms with Crippen LogP contribution in [0.15, 0.2) is 101 Å². The molecule has 1 saturated heterocycles. The Morgan fingerprint density at radius 1 is 0.837 bits per heavy atom. The van der Waals surface area contributed by atoms with Gasteiger partial charge in [0.1, 0.15) is 0 Å². The van der Waals surface area contributed by atoms with Gasteiger partial charge in [0, 0.05) is 37.1 Å². The van der Waals surface area contributed by atoms with E-state index < -0.39 is 12.2 Å². The second-order valence-electron chi connectivity index (χ2n) is 11.9. The average molecular weight is 698 g/mol. The molecule has 4 aromatic carbocycles. The van der Waals surface area contributed by atoms with Crippen LogP contribution in [0.25, 0.3) is 21.3 Å². The number of nitrogens with zero attached hydrogens (tertiary/aromatic N) is 1. The lowest BCUT2D eigenvalue weighted by molar-refractivity contribution is -0.245. The van der Waals surface area contributed by atoms with Crippen molar-refractivity contribution in [2.45, 2.75) is 68.1 Å². The third-order valence-electron chi connectivity index (χ3n) is 8.40. The van der Waals surface area contributed by atoms with E-state index in [0.29, 0.717) is 32.2 Å². The smallest absolute Gasteiger partial charge is 0.243 e. The van der Waals surface area contributed by atoms with Crippen molar-refractivity contribution >= 4 is 45.1 Å². The van der Waals surface area contributed by atoms with Crippen molar-refractivity contribution in [2.75, 3.05) is 5.75 Å². The topological polar surface area (TPSA) is 130 Å². The summed E-state index contributed by atoms with van der Waals surface area (Å²) >= 11 is 3.41. The fourth-order valence-electron chi connectivity index (χ4n) is 5.71. The van der Waals surface area contributed by atoms with E-state index >= 15 is 0 Å². The molecule has 2 amide bonds. The van der Waals surface area contributed by atoms with Gasteiger partial charge < -0.3 is 19.9 Å². The number of rotatable bonds is 14. The molecule has 5 aromatic rings. The number of carbonyl (C=O) groups excluding carboxylic acids is 2. The van der Waals surface area contributed by atoms with Crippen LogP contribution in [-0.2, 0) is 32.2 Å². The van der Waals surface area contributed by atoms with Crippen molar-refractivity contribution < 1.29 is 29.4 Å². The predicted molar refractivity (Wildman–Crippen MR) is 191 cm³/mol. The highest BCUT2D eigenvalue weighted by molar-refractivity contribution is 8.01. The zero-order valence-corrected chi connectivity index (χ0v) is 28.6. The summed E-state index contributed by atoms with van der Waals surface area (Å²) in [5.74, 6) is 0.219. The molecule has 0 unspecified atom stereocenters. The Labute approximate surface area is 293 Å². The Morgan fingerprint density at radius 2 is 1.59 bits per heavy atom. The first-order chi connectivity index (χ1) is 24.0. The van der Waals surface area contributed by atoms with Gasteiger partial charge in [0.05, 0.1) is 29.0 Å². The third-order valence-corrected chi connectivity index (χ3v) is 10.7. The molecule has 0 saturated carbocycles. The van der Waals surface area contributed by atoms with Crippen LogP contribution < -0.4 is 10.8 Å². The zero-order valence-electron chi connectivity index (χ0n) is 26.9.